The van der Waals surface area contributed by atoms with Gasteiger partial charge in [0.1, 0.15) is 17.2 Å². The van der Waals surface area contributed by atoms with Gasteiger partial charge in [-0.1, -0.05) is 41.7 Å². The Morgan fingerprint density at radius 2 is 1.91 bits per heavy atom. The summed E-state index contributed by atoms with van der Waals surface area (Å²) in [7, 11) is 0. The predicted octanol–water partition coefficient (Wildman–Crippen LogP) is 7.10. The van der Waals surface area contributed by atoms with Crippen LogP contribution in [0.3, 0.4) is 0 Å². The van der Waals surface area contributed by atoms with Gasteiger partial charge in [0.25, 0.3) is 0 Å². The van der Waals surface area contributed by atoms with E-state index in [1.807, 2.05) is 6.07 Å². The molecule has 2 aromatic carbocycles. The zero-order valence-corrected chi connectivity index (χ0v) is 20.3. The van der Waals surface area contributed by atoms with E-state index in [4.69, 9.17) is 42.2 Å². The van der Waals surface area contributed by atoms with Gasteiger partial charge < -0.3 is 19.1 Å². The molecule has 2 heterocycles. The zero-order valence-electron chi connectivity index (χ0n) is 18.8. The first-order chi connectivity index (χ1) is 16.3. The summed E-state index contributed by atoms with van der Waals surface area (Å²) in [6.45, 7) is 5.30. The Bertz CT molecular complexity index is 1350. The van der Waals surface area contributed by atoms with Crippen LogP contribution in [0, 0.1) is 6.92 Å². The van der Waals surface area contributed by atoms with Crippen LogP contribution in [0.5, 0.6) is 17.4 Å². The Hall–Kier alpha value is -3.29. The lowest BCUT2D eigenvalue weighted by Gasteiger charge is -2.15. The van der Waals surface area contributed by atoms with Crippen molar-refractivity contribution >= 4 is 40.1 Å². The topological polar surface area (TPSA) is 94.7 Å². The molecule has 1 unspecified atom stereocenters. The summed E-state index contributed by atoms with van der Waals surface area (Å²) in [5.41, 5.74) is 3.25. The van der Waals surface area contributed by atoms with Gasteiger partial charge >= 0.3 is 5.97 Å². The lowest BCUT2D eigenvalue weighted by Crippen LogP contribution is -2.23. The van der Waals surface area contributed by atoms with Gasteiger partial charge in [0.2, 0.25) is 5.88 Å². The maximum atomic E-state index is 11.3. The Kier molecular flexibility index (Phi) is 6.95. The lowest BCUT2D eigenvalue weighted by molar-refractivity contribution is -0.144. The number of aliphatic carboxylic acids is 1. The minimum atomic E-state index is -1.09. The van der Waals surface area contributed by atoms with Crippen LogP contribution in [-0.4, -0.2) is 27.3 Å². The van der Waals surface area contributed by atoms with E-state index in [0.717, 1.165) is 17.7 Å². The lowest BCUT2D eigenvalue weighted by atomic mass is 10.0. The van der Waals surface area contributed by atoms with Crippen LogP contribution in [0.1, 0.15) is 31.5 Å². The highest BCUT2D eigenvalue weighted by Gasteiger charge is 2.24. The first kappa shape index (κ1) is 23.9. The molecule has 1 atom stereocenters. The van der Waals surface area contributed by atoms with Gasteiger partial charge in [-0.3, -0.25) is 0 Å². The number of rotatable bonds is 8. The average Bonchev–Trinajstić information content (AvgIpc) is 3.22. The van der Waals surface area contributed by atoms with E-state index in [1.165, 1.54) is 6.92 Å². The van der Waals surface area contributed by atoms with Crippen LogP contribution < -0.4 is 9.47 Å². The molecule has 4 aromatic rings. The summed E-state index contributed by atoms with van der Waals surface area (Å²) in [5.74, 6) is 0.258. The average molecular weight is 501 g/mol. The third-order valence-corrected chi connectivity index (χ3v) is 5.81. The number of aryl methyl sites for hydroxylation is 2. The Morgan fingerprint density at radius 1 is 1.18 bits per heavy atom. The van der Waals surface area contributed by atoms with Crippen LogP contribution >= 0.6 is 23.2 Å². The van der Waals surface area contributed by atoms with Gasteiger partial charge in [-0.05, 0) is 50.6 Å². The van der Waals surface area contributed by atoms with Crippen molar-refractivity contribution in [2.75, 3.05) is 0 Å². The van der Waals surface area contributed by atoms with Crippen molar-refractivity contribution in [2.45, 2.75) is 39.7 Å². The molecule has 1 N–H and O–H groups in total. The van der Waals surface area contributed by atoms with Crippen LogP contribution in [0.4, 0.5) is 0 Å². The molecule has 0 aliphatic rings. The van der Waals surface area contributed by atoms with Crippen molar-refractivity contribution in [1.29, 1.82) is 0 Å². The fourth-order valence-electron chi connectivity index (χ4n) is 3.60. The summed E-state index contributed by atoms with van der Waals surface area (Å²) >= 11 is 12.3. The molecule has 0 saturated heterocycles. The molecule has 176 valence electrons. The number of hydrogen-bond acceptors (Lipinski definition) is 6. The number of benzene rings is 2. The van der Waals surface area contributed by atoms with Gasteiger partial charge in [0.05, 0.1) is 16.1 Å². The molecule has 7 nitrogen and oxygen atoms in total. The Labute approximate surface area is 206 Å². The van der Waals surface area contributed by atoms with Gasteiger partial charge in [0.15, 0.2) is 11.7 Å². The second-order valence-corrected chi connectivity index (χ2v) is 8.61. The zero-order chi connectivity index (χ0) is 24.4. The molecule has 9 heteroatoms. The standard InChI is InChI=1S/C25H22Cl2N2O5/c1-4-5-19-17(10-11-21(28-19)33-16-8-6-15(26)7-9-16)23-22-13(2)24(32-14(3)25(30)31)18(27)12-20(22)34-29-23/h6-12,14H,4-5H2,1-3H3,(H,30,31). The molecule has 4 rings (SSSR count). The van der Waals surface area contributed by atoms with Crippen molar-refractivity contribution in [3.05, 3.63) is 63.8 Å². The minimum Gasteiger partial charge on any atom is -0.479 e. The van der Waals surface area contributed by atoms with Gasteiger partial charge in [0, 0.05) is 28.3 Å². The van der Waals surface area contributed by atoms with Crippen LogP contribution in [0.15, 0.2) is 47.0 Å². The van der Waals surface area contributed by atoms with Crippen molar-refractivity contribution in [2.24, 2.45) is 0 Å². The van der Waals surface area contributed by atoms with E-state index >= 15 is 0 Å². The van der Waals surface area contributed by atoms with Crippen molar-refractivity contribution in [1.82, 2.24) is 10.1 Å². The molecule has 0 spiro atoms. The third kappa shape index (κ3) is 4.81. The monoisotopic (exact) mass is 500 g/mol. The molecular weight excluding hydrogens is 479 g/mol. The highest BCUT2D eigenvalue weighted by Crippen LogP contribution is 2.41. The Balaban J connectivity index is 1.78. The minimum absolute atomic E-state index is 0.249. The molecule has 34 heavy (non-hydrogen) atoms. The second-order valence-electron chi connectivity index (χ2n) is 7.76. The smallest absolute Gasteiger partial charge is 0.344 e. The van der Waals surface area contributed by atoms with Crippen molar-refractivity contribution < 1.29 is 23.9 Å². The number of halogens is 2. The van der Waals surface area contributed by atoms with E-state index in [2.05, 4.69) is 12.1 Å². The highest BCUT2D eigenvalue weighted by atomic mass is 35.5. The largest absolute Gasteiger partial charge is 0.479 e. The number of pyridine rings is 1. The molecule has 0 radical (unpaired) electrons. The maximum Gasteiger partial charge on any atom is 0.344 e. The van der Waals surface area contributed by atoms with Crippen LogP contribution in [0.2, 0.25) is 10.0 Å². The van der Waals surface area contributed by atoms with Gasteiger partial charge in [-0.15, -0.1) is 0 Å². The van der Waals surface area contributed by atoms with Gasteiger partial charge in [-0.2, -0.15) is 0 Å². The first-order valence-corrected chi connectivity index (χ1v) is 11.5. The first-order valence-electron chi connectivity index (χ1n) is 10.7. The summed E-state index contributed by atoms with van der Waals surface area (Å²) in [4.78, 5) is 16.0. The maximum absolute atomic E-state index is 11.3. The van der Waals surface area contributed by atoms with Crippen LogP contribution in [0.25, 0.3) is 22.2 Å². The molecule has 0 saturated carbocycles. The normalized spacial score (nSPS) is 12.0. The molecule has 0 fully saturated rings. The van der Waals surface area contributed by atoms with Crippen LogP contribution in [-0.2, 0) is 11.2 Å². The number of hydrogen-bond donors (Lipinski definition) is 1. The number of carbonyl (C=O) groups is 1. The van der Waals surface area contributed by atoms with Crippen molar-refractivity contribution in [3.8, 4) is 28.6 Å². The highest BCUT2D eigenvalue weighted by molar-refractivity contribution is 6.33. The van der Waals surface area contributed by atoms with E-state index < -0.39 is 12.1 Å². The molecular formula is C25H22Cl2N2O5. The molecule has 0 amide bonds. The predicted molar refractivity (Wildman–Crippen MR) is 130 cm³/mol. The summed E-state index contributed by atoms with van der Waals surface area (Å²) in [6, 6.07) is 12.3. The fraction of sp³-hybridized carbons (Fsp3) is 0.240. The van der Waals surface area contributed by atoms with E-state index in [-0.39, 0.29) is 10.8 Å². The number of fused-ring (bicyclic) bond motifs is 1. The molecule has 0 bridgehead atoms. The van der Waals surface area contributed by atoms with Crippen molar-refractivity contribution in [3.63, 3.8) is 0 Å². The quantitative estimate of drug-likeness (QED) is 0.275. The Morgan fingerprint density at radius 3 is 2.59 bits per heavy atom. The van der Waals surface area contributed by atoms with E-state index in [9.17, 15) is 9.90 Å². The summed E-state index contributed by atoms with van der Waals surface area (Å²) in [6.07, 6.45) is 0.474. The van der Waals surface area contributed by atoms with Gasteiger partial charge in [-0.25, -0.2) is 9.78 Å². The fourth-order valence-corrected chi connectivity index (χ4v) is 4.01. The number of carboxylic acids is 1. The number of ether oxygens (including phenoxy) is 2. The number of nitrogens with zero attached hydrogens (tertiary/aromatic N) is 2. The molecule has 0 aliphatic carbocycles. The second kappa shape index (κ2) is 9.91. The number of carboxylic acid groups (broad SMARTS) is 1. The van der Waals surface area contributed by atoms with E-state index in [1.54, 1.807) is 43.3 Å². The summed E-state index contributed by atoms with van der Waals surface area (Å²) in [5, 5.41) is 15.1. The van der Waals surface area contributed by atoms with E-state index in [0.29, 0.717) is 45.3 Å². The molecule has 0 aliphatic heterocycles. The SMILES string of the molecule is CCCc1nc(Oc2ccc(Cl)cc2)ccc1-c1noc2cc(Cl)c(OC(C)C(=O)O)c(C)c12. The summed E-state index contributed by atoms with van der Waals surface area (Å²) < 4.78 is 17.1. The molecule has 2 aromatic heterocycles. The third-order valence-electron chi connectivity index (χ3n) is 5.28. The number of aromatic nitrogens is 2.